The van der Waals surface area contributed by atoms with Crippen LogP contribution in [0.4, 0.5) is 0 Å². The van der Waals surface area contributed by atoms with Crippen LogP contribution in [0.1, 0.15) is 60.9 Å². The molecule has 3 aromatic rings. The lowest BCUT2D eigenvalue weighted by atomic mass is 9.80. The lowest BCUT2D eigenvalue weighted by Crippen LogP contribution is -2.46. The quantitative estimate of drug-likeness (QED) is 0.337. The summed E-state index contributed by atoms with van der Waals surface area (Å²) >= 11 is 6.06. The van der Waals surface area contributed by atoms with Gasteiger partial charge in [0, 0.05) is 29.6 Å². The van der Waals surface area contributed by atoms with Gasteiger partial charge in [0.2, 0.25) is 5.91 Å². The third kappa shape index (κ3) is 7.53. The topological polar surface area (TPSA) is 91.3 Å². The van der Waals surface area contributed by atoms with Gasteiger partial charge in [0.15, 0.2) is 0 Å². The van der Waals surface area contributed by atoms with E-state index in [1.807, 2.05) is 36.4 Å². The Balaban J connectivity index is 1.52. The third-order valence-electron chi connectivity index (χ3n) is 7.49. The van der Waals surface area contributed by atoms with Gasteiger partial charge in [-0.2, -0.15) is 0 Å². The second-order valence-corrected chi connectivity index (χ2v) is 10.6. The van der Waals surface area contributed by atoms with Crippen LogP contribution in [0.3, 0.4) is 0 Å². The van der Waals surface area contributed by atoms with Gasteiger partial charge in [0.05, 0.1) is 23.2 Å². The first-order chi connectivity index (χ1) is 17.9. The highest BCUT2D eigenvalue weighted by atomic mass is 35.5. The molecule has 6 nitrogen and oxygen atoms in total. The van der Waals surface area contributed by atoms with Crippen LogP contribution in [0.5, 0.6) is 0 Å². The van der Waals surface area contributed by atoms with Crippen molar-refractivity contribution in [1.82, 2.24) is 15.6 Å². The van der Waals surface area contributed by atoms with Gasteiger partial charge in [0.25, 0.3) is 5.91 Å². The van der Waals surface area contributed by atoms with Crippen molar-refractivity contribution in [3.05, 3.63) is 76.9 Å². The number of fused-ring (bicyclic) bond motifs is 1. The van der Waals surface area contributed by atoms with Gasteiger partial charge in [-0.25, -0.2) is 0 Å². The van der Waals surface area contributed by atoms with Crippen molar-refractivity contribution in [1.29, 1.82) is 0 Å². The van der Waals surface area contributed by atoms with E-state index in [1.165, 1.54) is 19.3 Å². The molecule has 0 aliphatic heterocycles. The molecule has 3 N–H and O–H groups in total. The second-order valence-electron chi connectivity index (χ2n) is 10.2. The monoisotopic (exact) mass is 521 g/mol. The summed E-state index contributed by atoms with van der Waals surface area (Å²) in [6, 6.07) is 16.2. The zero-order valence-corrected chi connectivity index (χ0v) is 22.1. The predicted octanol–water partition coefficient (Wildman–Crippen LogP) is 5.31. The first-order valence-corrected chi connectivity index (χ1v) is 13.6. The zero-order chi connectivity index (χ0) is 26.2. The lowest BCUT2D eigenvalue weighted by Gasteiger charge is -2.30. The number of benzene rings is 2. The summed E-state index contributed by atoms with van der Waals surface area (Å²) in [5.74, 6) is -0.175. The molecule has 0 unspecified atom stereocenters. The van der Waals surface area contributed by atoms with E-state index in [2.05, 4.69) is 15.6 Å². The minimum absolute atomic E-state index is 0.0556. The number of hydrogen-bond acceptors (Lipinski definition) is 4. The van der Waals surface area contributed by atoms with Crippen molar-refractivity contribution in [3.63, 3.8) is 0 Å². The number of amides is 2. The SMILES string of the molecule is CNC(=O)[C@H](CC1CCCCC1)C[C@H](O)[C@H](Cc1ccc(Cl)cc1)NC(=O)c1cnc2ccccc2c1. The molecule has 0 radical (unpaired) electrons. The van der Waals surface area contributed by atoms with E-state index < -0.39 is 12.1 Å². The number of para-hydroxylation sites is 1. The molecule has 4 rings (SSSR count). The van der Waals surface area contributed by atoms with Crippen molar-refractivity contribution in [3.8, 4) is 0 Å². The highest BCUT2D eigenvalue weighted by Crippen LogP contribution is 2.31. The maximum atomic E-state index is 13.3. The molecule has 1 fully saturated rings. The van der Waals surface area contributed by atoms with E-state index in [0.29, 0.717) is 22.9 Å². The molecule has 1 aliphatic carbocycles. The summed E-state index contributed by atoms with van der Waals surface area (Å²) in [6.45, 7) is 0. The number of aromatic nitrogens is 1. The molecule has 1 saturated carbocycles. The minimum atomic E-state index is -0.904. The molecule has 1 aromatic heterocycles. The van der Waals surface area contributed by atoms with Crippen molar-refractivity contribution < 1.29 is 14.7 Å². The molecule has 0 saturated heterocycles. The maximum absolute atomic E-state index is 13.3. The first kappa shape index (κ1) is 27.1. The number of halogens is 1. The zero-order valence-electron chi connectivity index (χ0n) is 21.3. The van der Waals surface area contributed by atoms with Gasteiger partial charge in [-0.15, -0.1) is 0 Å². The molecule has 1 aliphatic rings. The Kier molecular flexibility index (Phi) is 9.53. The fourth-order valence-electron chi connectivity index (χ4n) is 5.40. The summed E-state index contributed by atoms with van der Waals surface area (Å²) in [5.41, 5.74) is 2.18. The van der Waals surface area contributed by atoms with Crippen LogP contribution in [0, 0.1) is 11.8 Å². The Hall–Kier alpha value is -2.96. The highest BCUT2D eigenvalue weighted by Gasteiger charge is 2.30. The normalized spacial score (nSPS) is 16.6. The summed E-state index contributed by atoms with van der Waals surface area (Å²) in [7, 11) is 1.64. The molecule has 7 heteroatoms. The van der Waals surface area contributed by atoms with E-state index >= 15 is 0 Å². The van der Waals surface area contributed by atoms with Gasteiger partial charge in [-0.3, -0.25) is 14.6 Å². The number of aliphatic hydroxyl groups excluding tert-OH is 1. The first-order valence-electron chi connectivity index (χ1n) is 13.2. The van der Waals surface area contributed by atoms with E-state index in [0.717, 1.165) is 35.7 Å². The number of rotatable bonds is 10. The smallest absolute Gasteiger partial charge is 0.253 e. The molecule has 0 spiro atoms. The molecule has 1 heterocycles. The average molecular weight is 522 g/mol. The van der Waals surface area contributed by atoms with Crippen molar-refractivity contribution in [2.75, 3.05) is 7.05 Å². The number of aliphatic hydroxyl groups is 1. The lowest BCUT2D eigenvalue weighted by molar-refractivity contribution is -0.126. The predicted molar refractivity (Wildman–Crippen MR) is 148 cm³/mol. The van der Waals surface area contributed by atoms with Crippen LogP contribution in [-0.2, 0) is 11.2 Å². The standard InChI is InChI=1S/C30H36ClN3O3/c1-32-29(36)23(15-20-7-3-2-4-8-20)18-28(35)27(16-21-11-13-25(31)14-12-21)34-30(37)24-17-22-9-5-6-10-26(22)33-19-24/h5-6,9-14,17,19-20,23,27-28,35H,2-4,7-8,15-16,18H2,1H3,(H,32,36)(H,34,37)/t23-,27+,28+/m1/s1. The number of carbonyl (C=O) groups excluding carboxylic acids is 2. The van der Waals surface area contributed by atoms with Crippen LogP contribution < -0.4 is 10.6 Å². The van der Waals surface area contributed by atoms with Gasteiger partial charge in [0.1, 0.15) is 0 Å². The molecule has 3 atom stereocenters. The average Bonchev–Trinajstić information content (AvgIpc) is 2.93. The van der Waals surface area contributed by atoms with Crippen molar-refractivity contribution in [2.24, 2.45) is 11.8 Å². The summed E-state index contributed by atoms with van der Waals surface area (Å²) in [5, 5.41) is 18.7. The third-order valence-corrected chi connectivity index (χ3v) is 7.74. The molecular formula is C30H36ClN3O3. The van der Waals surface area contributed by atoms with Crippen molar-refractivity contribution in [2.45, 2.75) is 63.5 Å². The van der Waals surface area contributed by atoms with Gasteiger partial charge < -0.3 is 15.7 Å². The molecule has 2 amide bonds. The second kappa shape index (κ2) is 13.0. The maximum Gasteiger partial charge on any atom is 0.253 e. The Bertz CT molecular complexity index is 1190. The Labute approximate surface area is 223 Å². The molecule has 0 bridgehead atoms. The van der Waals surface area contributed by atoms with E-state index in [-0.39, 0.29) is 24.2 Å². The van der Waals surface area contributed by atoms with Gasteiger partial charge >= 0.3 is 0 Å². The minimum Gasteiger partial charge on any atom is -0.391 e. The summed E-state index contributed by atoms with van der Waals surface area (Å²) in [6.07, 6.45) is 8.01. The van der Waals surface area contributed by atoms with Gasteiger partial charge in [-0.05, 0) is 55.0 Å². The molecular weight excluding hydrogens is 486 g/mol. The fourth-order valence-corrected chi connectivity index (χ4v) is 5.53. The fraction of sp³-hybridized carbons (Fsp3) is 0.433. The number of nitrogens with zero attached hydrogens (tertiary/aromatic N) is 1. The Morgan fingerprint density at radius 3 is 2.54 bits per heavy atom. The van der Waals surface area contributed by atoms with Gasteiger partial charge in [-0.1, -0.05) is 74.0 Å². The van der Waals surface area contributed by atoms with E-state index in [4.69, 9.17) is 11.6 Å². The summed E-state index contributed by atoms with van der Waals surface area (Å²) in [4.78, 5) is 30.5. The van der Waals surface area contributed by atoms with E-state index in [1.54, 1.807) is 31.4 Å². The molecule has 196 valence electrons. The van der Waals surface area contributed by atoms with Crippen LogP contribution in [0.2, 0.25) is 5.02 Å². The molecule has 37 heavy (non-hydrogen) atoms. The number of hydrogen-bond donors (Lipinski definition) is 3. The van der Waals surface area contributed by atoms with E-state index in [9.17, 15) is 14.7 Å². The van der Waals surface area contributed by atoms with Crippen molar-refractivity contribution >= 4 is 34.3 Å². The Morgan fingerprint density at radius 2 is 1.81 bits per heavy atom. The molecule has 2 aromatic carbocycles. The Morgan fingerprint density at radius 1 is 1.08 bits per heavy atom. The van der Waals surface area contributed by atoms with Crippen LogP contribution in [0.25, 0.3) is 10.9 Å². The van der Waals surface area contributed by atoms with Crippen LogP contribution in [-0.4, -0.2) is 41.1 Å². The largest absolute Gasteiger partial charge is 0.391 e. The van der Waals surface area contributed by atoms with Crippen LogP contribution in [0.15, 0.2) is 60.8 Å². The summed E-state index contributed by atoms with van der Waals surface area (Å²) < 4.78 is 0. The number of nitrogens with one attached hydrogen (secondary N) is 2. The van der Waals surface area contributed by atoms with Crippen LogP contribution >= 0.6 is 11.6 Å². The number of carbonyl (C=O) groups is 2. The number of pyridine rings is 1. The highest BCUT2D eigenvalue weighted by molar-refractivity contribution is 6.30.